The van der Waals surface area contributed by atoms with Gasteiger partial charge in [-0.25, -0.2) is 9.97 Å². The van der Waals surface area contributed by atoms with Gasteiger partial charge in [-0.1, -0.05) is 17.7 Å². The Morgan fingerprint density at radius 1 is 0.885 bits per heavy atom. The number of rotatable bonds is 5. The number of nitrogens with one attached hydrogen (secondary N) is 2. The third kappa shape index (κ3) is 4.30. The molecule has 26 heavy (non-hydrogen) atoms. The molecule has 0 unspecified atom stereocenters. The summed E-state index contributed by atoms with van der Waals surface area (Å²) < 4.78 is 0. The van der Waals surface area contributed by atoms with E-state index in [4.69, 9.17) is 0 Å². The van der Waals surface area contributed by atoms with Crippen LogP contribution < -0.4 is 10.6 Å². The molecule has 2 aromatic carbocycles. The lowest BCUT2D eigenvalue weighted by Crippen LogP contribution is -2.14. The van der Waals surface area contributed by atoms with E-state index in [1.165, 1.54) is 13.3 Å². The third-order valence-corrected chi connectivity index (χ3v) is 3.77. The number of aromatic nitrogens is 2. The van der Waals surface area contributed by atoms with Crippen LogP contribution >= 0.6 is 0 Å². The highest BCUT2D eigenvalue weighted by atomic mass is 16.2. The molecule has 0 spiro atoms. The molecule has 6 heteroatoms. The lowest BCUT2D eigenvalue weighted by atomic mass is 10.1. The normalized spacial score (nSPS) is 10.2. The summed E-state index contributed by atoms with van der Waals surface area (Å²) in [4.78, 5) is 31.8. The zero-order chi connectivity index (χ0) is 18.5. The highest BCUT2D eigenvalue weighted by molar-refractivity contribution is 6.03. The van der Waals surface area contributed by atoms with Crippen molar-refractivity contribution in [1.82, 2.24) is 9.97 Å². The average Bonchev–Trinajstić information content (AvgIpc) is 2.64. The second-order valence-electron chi connectivity index (χ2n) is 5.87. The Morgan fingerprint density at radius 3 is 2.19 bits per heavy atom. The number of carbonyl (C=O) groups is 2. The smallest absolute Gasteiger partial charge is 0.274 e. The van der Waals surface area contributed by atoms with E-state index >= 15 is 0 Å². The maximum atomic E-state index is 12.4. The van der Waals surface area contributed by atoms with E-state index in [9.17, 15) is 9.59 Å². The minimum atomic E-state index is -0.352. The van der Waals surface area contributed by atoms with Crippen molar-refractivity contribution in [2.45, 2.75) is 13.8 Å². The molecule has 6 nitrogen and oxygen atoms in total. The largest absolute Gasteiger partial charge is 0.340 e. The van der Waals surface area contributed by atoms with Gasteiger partial charge in [0.05, 0.1) is 0 Å². The summed E-state index contributed by atoms with van der Waals surface area (Å²) in [5.74, 6) is 0.154. The first kappa shape index (κ1) is 17.3. The predicted molar refractivity (Wildman–Crippen MR) is 101 cm³/mol. The fraction of sp³-hybridized carbons (Fsp3) is 0.100. The van der Waals surface area contributed by atoms with Crippen molar-refractivity contribution in [2.24, 2.45) is 0 Å². The van der Waals surface area contributed by atoms with Gasteiger partial charge in [-0.3, -0.25) is 9.59 Å². The Balaban J connectivity index is 1.71. The number of aryl methyl sites for hydroxylation is 1. The molecule has 0 saturated carbocycles. The highest BCUT2D eigenvalue weighted by Gasteiger charge is 2.10. The number of Topliss-reactive ketones (excluding diaryl/α,β-unsaturated/α-hetero) is 1. The highest BCUT2D eigenvalue weighted by Crippen LogP contribution is 2.16. The van der Waals surface area contributed by atoms with Gasteiger partial charge in [-0.2, -0.15) is 0 Å². The van der Waals surface area contributed by atoms with Gasteiger partial charge in [-0.15, -0.1) is 0 Å². The molecule has 0 radical (unpaired) electrons. The quantitative estimate of drug-likeness (QED) is 0.683. The molecule has 130 valence electrons. The molecule has 1 amide bonds. The fourth-order valence-corrected chi connectivity index (χ4v) is 2.32. The number of benzene rings is 2. The van der Waals surface area contributed by atoms with E-state index < -0.39 is 0 Å². The van der Waals surface area contributed by atoms with Crippen LogP contribution in [-0.4, -0.2) is 21.7 Å². The third-order valence-electron chi connectivity index (χ3n) is 3.77. The zero-order valence-electron chi connectivity index (χ0n) is 14.5. The van der Waals surface area contributed by atoms with Gasteiger partial charge >= 0.3 is 0 Å². The summed E-state index contributed by atoms with van der Waals surface area (Å²) in [5.41, 5.74) is 3.46. The Labute approximate surface area is 151 Å². The Kier molecular flexibility index (Phi) is 5.03. The van der Waals surface area contributed by atoms with E-state index in [0.717, 1.165) is 11.3 Å². The van der Waals surface area contributed by atoms with Gasteiger partial charge in [0.25, 0.3) is 5.91 Å². The Hall–Kier alpha value is -3.54. The minimum Gasteiger partial charge on any atom is -0.340 e. The van der Waals surface area contributed by atoms with Gasteiger partial charge in [0, 0.05) is 23.0 Å². The maximum Gasteiger partial charge on any atom is 0.274 e. The summed E-state index contributed by atoms with van der Waals surface area (Å²) in [7, 11) is 0. The maximum absolute atomic E-state index is 12.4. The first-order chi connectivity index (χ1) is 12.5. The van der Waals surface area contributed by atoms with Gasteiger partial charge in [0.1, 0.15) is 17.8 Å². The molecule has 1 heterocycles. The van der Waals surface area contributed by atoms with Crippen molar-refractivity contribution in [2.75, 3.05) is 10.6 Å². The van der Waals surface area contributed by atoms with Crippen molar-refractivity contribution >= 4 is 28.9 Å². The standard InChI is InChI=1S/C20H18N4O2/c1-13-3-7-16(8-4-13)23-19-11-18(21-12-22-19)20(26)24-17-9-5-15(6-10-17)14(2)25/h3-12H,1-2H3,(H,24,26)(H,21,22,23). The molecule has 0 saturated heterocycles. The second-order valence-corrected chi connectivity index (χ2v) is 5.87. The topological polar surface area (TPSA) is 84.0 Å². The molecule has 3 rings (SSSR count). The number of ketones is 1. The average molecular weight is 346 g/mol. The van der Waals surface area contributed by atoms with E-state index in [0.29, 0.717) is 17.1 Å². The number of hydrogen-bond donors (Lipinski definition) is 2. The summed E-state index contributed by atoms with van der Waals surface area (Å²) in [6, 6.07) is 16.1. The Bertz CT molecular complexity index is 935. The molecule has 2 N–H and O–H groups in total. The molecule has 3 aromatic rings. The van der Waals surface area contributed by atoms with Gasteiger partial charge in [0.2, 0.25) is 0 Å². The predicted octanol–water partition coefficient (Wildman–Crippen LogP) is 3.98. The Morgan fingerprint density at radius 2 is 1.54 bits per heavy atom. The summed E-state index contributed by atoms with van der Waals surface area (Å²) >= 11 is 0. The molecule has 0 atom stereocenters. The molecule has 0 aliphatic heterocycles. The molecular formula is C20H18N4O2. The molecule has 0 aliphatic carbocycles. The van der Waals surface area contributed by atoms with Crippen molar-refractivity contribution < 1.29 is 9.59 Å². The van der Waals surface area contributed by atoms with Crippen LogP contribution in [0.4, 0.5) is 17.2 Å². The van der Waals surface area contributed by atoms with Crippen molar-refractivity contribution in [3.8, 4) is 0 Å². The van der Waals surface area contributed by atoms with Crippen LogP contribution in [0.15, 0.2) is 60.9 Å². The lowest BCUT2D eigenvalue weighted by Gasteiger charge is -2.08. The number of carbonyl (C=O) groups excluding carboxylic acids is 2. The summed E-state index contributed by atoms with van der Waals surface area (Å²) in [6.45, 7) is 3.51. The van der Waals surface area contributed by atoms with Crippen molar-refractivity contribution in [3.63, 3.8) is 0 Å². The van der Waals surface area contributed by atoms with Crippen molar-refractivity contribution in [3.05, 3.63) is 77.7 Å². The van der Waals surface area contributed by atoms with Gasteiger partial charge in [0.15, 0.2) is 5.78 Å². The molecule has 0 bridgehead atoms. The van der Waals surface area contributed by atoms with Gasteiger partial charge in [-0.05, 0) is 50.2 Å². The first-order valence-corrected chi connectivity index (χ1v) is 8.09. The minimum absolute atomic E-state index is 0.0227. The van der Waals surface area contributed by atoms with Crippen LogP contribution in [0.25, 0.3) is 0 Å². The molecule has 0 fully saturated rings. The van der Waals surface area contributed by atoms with E-state index in [-0.39, 0.29) is 17.4 Å². The lowest BCUT2D eigenvalue weighted by molar-refractivity contribution is 0.101. The van der Waals surface area contributed by atoms with Crippen LogP contribution in [-0.2, 0) is 0 Å². The molecule has 0 aliphatic rings. The number of hydrogen-bond acceptors (Lipinski definition) is 5. The van der Waals surface area contributed by atoms with E-state index in [1.807, 2.05) is 31.2 Å². The second kappa shape index (κ2) is 7.57. The molecule has 1 aromatic heterocycles. The number of anilines is 3. The van der Waals surface area contributed by atoms with Crippen LogP contribution in [0.5, 0.6) is 0 Å². The van der Waals surface area contributed by atoms with Crippen molar-refractivity contribution in [1.29, 1.82) is 0 Å². The SMILES string of the molecule is CC(=O)c1ccc(NC(=O)c2cc(Nc3ccc(C)cc3)ncn2)cc1. The van der Waals surface area contributed by atoms with Crippen LogP contribution in [0.2, 0.25) is 0 Å². The van der Waals surface area contributed by atoms with Crippen LogP contribution in [0, 0.1) is 6.92 Å². The van der Waals surface area contributed by atoms with Gasteiger partial charge < -0.3 is 10.6 Å². The summed E-state index contributed by atoms with van der Waals surface area (Å²) in [5, 5.41) is 5.90. The van der Waals surface area contributed by atoms with E-state index in [1.54, 1.807) is 30.3 Å². The van der Waals surface area contributed by atoms with Crippen LogP contribution in [0.1, 0.15) is 33.3 Å². The first-order valence-electron chi connectivity index (χ1n) is 8.09. The number of amides is 1. The molecular weight excluding hydrogens is 328 g/mol. The van der Waals surface area contributed by atoms with E-state index in [2.05, 4.69) is 20.6 Å². The van der Waals surface area contributed by atoms with Crippen LogP contribution in [0.3, 0.4) is 0 Å². The zero-order valence-corrected chi connectivity index (χ0v) is 14.5. The monoisotopic (exact) mass is 346 g/mol. The fourth-order valence-electron chi connectivity index (χ4n) is 2.32. The number of nitrogens with zero attached hydrogens (tertiary/aromatic N) is 2. The summed E-state index contributed by atoms with van der Waals surface area (Å²) in [6.07, 6.45) is 1.34.